The minimum Gasteiger partial charge on any atom is -0.398 e. The summed E-state index contributed by atoms with van der Waals surface area (Å²) >= 11 is 0. The highest BCUT2D eigenvalue weighted by molar-refractivity contribution is 5.52. The molecule has 0 aliphatic carbocycles. The summed E-state index contributed by atoms with van der Waals surface area (Å²) in [7, 11) is 0. The Labute approximate surface area is 79.9 Å². The third kappa shape index (κ3) is 2.22. The second kappa shape index (κ2) is 4.28. The quantitative estimate of drug-likeness (QED) is 0.698. The van der Waals surface area contributed by atoms with Gasteiger partial charge in [-0.1, -0.05) is 25.5 Å². The zero-order chi connectivity index (χ0) is 9.84. The van der Waals surface area contributed by atoms with E-state index in [4.69, 9.17) is 11.5 Å². The lowest BCUT2D eigenvalue weighted by Crippen LogP contribution is -2.13. The number of rotatable bonds is 3. The van der Waals surface area contributed by atoms with Crippen LogP contribution in [0, 0.1) is 6.92 Å². The molecule has 0 fully saturated rings. The van der Waals surface area contributed by atoms with Crippen LogP contribution in [-0.2, 0) is 0 Å². The van der Waals surface area contributed by atoms with Crippen LogP contribution in [0.5, 0.6) is 0 Å². The molecule has 72 valence electrons. The van der Waals surface area contributed by atoms with Crippen molar-refractivity contribution in [2.45, 2.75) is 32.7 Å². The van der Waals surface area contributed by atoms with Gasteiger partial charge in [0.25, 0.3) is 0 Å². The van der Waals surface area contributed by atoms with Gasteiger partial charge in [0.2, 0.25) is 0 Å². The first-order valence-electron chi connectivity index (χ1n) is 4.77. The number of hydrogen-bond acceptors (Lipinski definition) is 2. The Morgan fingerprint density at radius 3 is 2.62 bits per heavy atom. The average molecular weight is 178 g/mol. The van der Waals surface area contributed by atoms with E-state index >= 15 is 0 Å². The van der Waals surface area contributed by atoms with Crippen molar-refractivity contribution >= 4 is 5.69 Å². The molecular weight excluding hydrogens is 160 g/mol. The first-order valence-corrected chi connectivity index (χ1v) is 4.77. The molecule has 1 unspecified atom stereocenters. The zero-order valence-corrected chi connectivity index (χ0v) is 8.38. The van der Waals surface area contributed by atoms with Gasteiger partial charge in [0.15, 0.2) is 0 Å². The summed E-state index contributed by atoms with van der Waals surface area (Å²) < 4.78 is 0. The van der Waals surface area contributed by atoms with Gasteiger partial charge < -0.3 is 11.5 Å². The zero-order valence-electron chi connectivity index (χ0n) is 8.38. The van der Waals surface area contributed by atoms with Crippen LogP contribution in [0.15, 0.2) is 18.2 Å². The second-order valence-corrected chi connectivity index (χ2v) is 3.47. The SMILES string of the molecule is CCCC(N)c1c(C)cccc1N. The topological polar surface area (TPSA) is 52.0 Å². The highest BCUT2D eigenvalue weighted by Gasteiger charge is 2.10. The normalized spacial score (nSPS) is 12.8. The molecule has 4 N–H and O–H groups in total. The van der Waals surface area contributed by atoms with Crippen LogP contribution < -0.4 is 11.5 Å². The first kappa shape index (κ1) is 10.1. The molecule has 0 saturated carbocycles. The van der Waals surface area contributed by atoms with Crippen LogP contribution in [0.3, 0.4) is 0 Å². The molecule has 2 nitrogen and oxygen atoms in total. The van der Waals surface area contributed by atoms with Crippen molar-refractivity contribution in [3.05, 3.63) is 29.3 Å². The van der Waals surface area contributed by atoms with E-state index in [1.165, 1.54) is 5.56 Å². The molecule has 1 aromatic carbocycles. The van der Waals surface area contributed by atoms with E-state index in [0.717, 1.165) is 24.1 Å². The van der Waals surface area contributed by atoms with Gasteiger partial charge in [0.05, 0.1) is 0 Å². The Morgan fingerprint density at radius 2 is 2.08 bits per heavy atom. The standard InChI is InChI=1S/C11H18N2/c1-3-5-9(12)11-8(2)6-4-7-10(11)13/h4,6-7,9H,3,5,12-13H2,1-2H3. The summed E-state index contributed by atoms with van der Waals surface area (Å²) in [6, 6.07) is 6.03. The monoisotopic (exact) mass is 178 g/mol. The maximum absolute atomic E-state index is 6.03. The van der Waals surface area contributed by atoms with E-state index < -0.39 is 0 Å². The van der Waals surface area contributed by atoms with Crippen LogP contribution in [0.2, 0.25) is 0 Å². The van der Waals surface area contributed by atoms with Gasteiger partial charge in [-0.05, 0) is 30.5 Å². The maximum atomic E-state index is 6.03. The van der Waals surface area contributed by atoms with Crippen LogP contribution in [0.4, 0.5) is 5.69 Å². The smallest absolute Gasteiger partial charge is 0.0365 e. The Balaban J connectivity index is 2.98. The van der Waals surface area contributed by atoms with Crippen molar-refractivity contribution in [1.82, 2.24) is 0 Å². The number of nitrogens with two attached hydrogens (primary N) is 2. The van der Waals surface area contributed by atoms with E-state index in [9.17, 15) is 0 Å². The number of nitrogen functional groups attached to an aromatic ring is 1. The lowest BCUT2D eigenvalue weighted by atomic mass is 9.97. The van der Waals surface area contributed by atoms with Crippen molar-refractivity contribution in [2.75, 3.05) is 5.73 Å². The van der Waals surface area contributed by atoms with Gasteiger partial charge in [-0.25, -0.2) is 0 Å². The number of anilines is 1. The van der Waals surface area contributed by atoms with E-state index in [0.29, 0.717) is 0 Å². The van der Waals surface area contributed by atoms with E-state index in [-0.39, 0.29) is 6.04 Å². The largest absolute Gasteiger partial charge is 0.398 e. The van der Waals surface area contributed by atoms with Crippen LogP contribution in [-0.4, -0.2) is 0 Å². The fraction of sp³-hybridized carbons (Fsp3) is 0.455. The average Bonchev–Trinajstić information content (AvgIpc) is 2.04. The molecule has 1 aromatic rings. The Morgan fingerprint density at radius 1 is 1.38 bits per heavy atom. The minimum atomic E-state index is 0.0891. The molecule has 0 heterocycles. The summed E-state index contributed by atoms with van der Waals surface area (Å²) in [5.74, 6) is 0. The predicted octanol–water partition coefficient (Wildman–Crippen LogP) is 2.38. The third-order valence-electron chi connectivity index (χ3n) is 2.33. The lowest BCUT2D eigenvalue weighted by molar-refractivity contribution is 0.637. The molecule has 1 rings (SSSR count). The number of aryl methyl sites for hydroxylation is 1. The summed E-state index contributed by atoms with van der Waals surface area (Å²) in [6.45, 7) is 4.19. The molecule has 0 aliphatic rings. The highest BCUT2D eigenvalue weighted by Crippen LogP contribution is 2.25. The highest BCUT2D eigenvalue weighted by atomic mass is 14.7. The van der Waals surface area contributed by atoms with Crippen molar-refractivity contribution in [3.8, 4) is 0 Å². The molecule has 13 heavy (non-hydrogen) atoms. The Bertz CT molecular complexity index is 261. The molecule has 0 radical (unpaired) electrons. The molecule has 0 saturated heterocycles. The number of benzene rings is 1. The second-order valence-electron chi connectivity index (χ2n) is 3.47. The van der Waals surface area contributed by atoms with E-state index in [1.54, 1.807) is 0 Å². The van der Waals surface area contributed by atoms with Crippen LogP contribution in [0.1, 0.15) is 36.9 Å². The van der Waals surface area contributed by atoms with Gasteiger partial charge >= 0.3 is 0 Å². The van der Waals surface area contributed by atoms with Gasteiger partial charge in [-0.2, -0.15) is 0 Å². The van der Waals surface area contributed by atoms with Crippen LogP contribution >= 0.6 is 0 Å². The predicted molar refractivity (Wildman–Crippen MR) is 57.4 cm³/mol. The van der Waals surface area contributed by atoms with Crippen molar-refractivity contribution in [1.29, 1.82) is 0 Å². The van der Waals surface area contributed by atoms with Crippen molar-refractivity contribution in [3.63, 3.8) is 0 Å². The molecule has 0 amide bonds. The van der Waals surface area contributed by atoms with Crippen molar-refractivity contribution in [2.24, 2.45) is 5.73 Å². The molecule has 1 atom stereocenters. The third-order valence-corrected chi connectivity index (χ3v) is 2.33. The molecular formula is C11H18N2. The number of hydrogen-bond donors (Lipinski definition) is 2. The molecule has 0 aliphatic heterocycles. The summed E-state index contributed by atoms with van der Waals surface area (Å²) in [4.78, 5) is 0. The fourth-order valence-electron chi connectivity index (χ4n) is 1.67. The molecule has 2 heteroatoms. The first-order chi connectivity index (χ1) is 6.16. The van der Waals surface area contributed by atoms with Gasteiger partial charge in [0, 0.05) is 11.7 Å². The molecule has 0 bridgehead atoms. The summed E-state index contributed by atoms with van der Waals surface area (Å²) in [6.07, 6.45) is 2.09. The van der Waals surface area contributed by atoms with Gasteiger partial charge in [-0.15, -0.1) is 0 Å². The van der Waals surface area contributed by atoms with Gasteiger partial charge in [0.1, 0.15) is 0 Å². The van der Waals surface area contributed by atoms with Crippen LogP contribution in [0.25, 0.3) is 0 Å². The van der Waals surface area contributed by atoms with E-state index in [2.05, 4.69) is 19.9 Å². The van der Waals surface area contributed by atoms with Gasteiger partial charge in [-0.3, -0.25) is 0 Å². The van der Waals surface area contributed by atoms with E-state index in [1.807, 2.05) is 12.1 Å². The maximum Gasteiger partial charge on any atom is 0.0365 e. The Hall–Kier alpha value is -1.02. The van der Waals surface area contributed by atoms with Crippen molar-refractivity contribution < 1.29 is 0 Å². The fourth-order valence-corrected chi connectivity index (χ4v) is 1.67. The summed E-state index contributed by atoms with van der Waals surface area (Å²) in [5, 5.41) is 0. The molecule has 0 aromatic heterocycles. The minimum absolute atomic E-state index is 0.0891. The summed E-state index contributed by atoms with van der Waals surface area (Å²) in [5.41, 5.74) is 15.0. The lowest BCUT2D eigenvalue weighted by Gasteiger charge is -2.16. The molecule has 0 spiro atoms. The Kier molecular flexibility index (Phi) is 3.32.